The number of hydrogen-bond donors (Lipinski definition) is 1. The third kappa shape index (κ3) is 2.61. The van der Waals surface area contributed by atoms with Crippen LogP contribution in [0.15, 0.2) is 18.2 Å². The highest BCUT2D eigenvalue weighted by Crippen LogP contribution is 2.55. The first-order valence-corrected chi connectivity index (χ1v) is 7.24. The second-order valence-electron chi connectivity index (χ2n) is 6.80. The average Bonchev–Trinajstić information content (AvgIpc) is 2.27. The van der Waals surface area contributed by atoms with Crippen LogP contribution in [0.3, 0.4) is 0 Å². The van der Waals surface area contributed by atoms with E-state index >= 15 is 0 Å². The van der Waals surface area contributed by atoms with E-state index in [1.54, 1.807) is 7.11 Å². The molecule has 1 aromatic carbocycles. The molecule has 3 heteroatoms. The molecule has 106 valence electrons. The van der Waals surface area contributed by atoms with Gasteiger partial charge in [-0.15, -0.1) is 0 Å². The molecule has 0 amide bonds. The molecule has 0 saturated heterocycles. The summed E-state index contributed by atoms with van der Waals surface area (Å²) in [4.78, 5) is 0. The van der Waals surface area contributed by atoms with Gasteiger partial charge in [-0.1, -0.05) is 32.4 Å². The fraction of sp³-hybridized carbons (Fsp3) is 0.625. The van der Waals surface area contributed by atoms with Gasteiger partial charge in [-0.05, 0) is 42.4 Å². The van der Waals surface area contributed by atoms with E-state index in [1.807, 2.05) is 18.2 Å². The number of benzene rings is 1. The zero-order valence-corrected chi connectivity index (χ0v) is 13.1. The van der Waals surface area contributed by atoms with Crippen LogP contribution in [-0.4, -0.2) is 13.7 Å². The van der Waals surface area contributed by atoms with Crippen molar-refractivity contribution in [3.63, 3.8) is 0 Å². The summed E-state index contributed by atoms with van der Waals surface area (Å²) in [6.45, 7) is 7.55. The van der Waals surface area contributed by atoms with Crippen molar-refractivity contribution >= 4 is 11.6 Å². The van der Waals surface area contributed by atoms with Gasteiger partial charge in [0.25, 0.3) is 0 Å². The fourth-order valence-corrected chi connectivity index (χ4v) is 3.26. The van der Waals surface area contributed by atoms with Gasteiger partial charge in [0.05, 0.1) is 7.11 Å². The van der Waals surface area contributed by atoms with Crippen molar-refractivity contribution in [2.75, 3.05) is 13.7 Å². The lowest BCUT2D eigenvalue weighted by Crippen LogP contribution is -2.51. The molecule has 0 heterocycles. The Morgan fingerprint density at radius 2 is 2.00 bits per heavy atom. The Kier molecular flexibility index (Phi) is 3.85. The van der Waals surface area contributed by atoms with Crippen molar-refractivity contribution in [2.45, 2.75) is 39.0 Å². The van der Waals surface area contributed by atoms with Crippen molar-refractivity contribution in [3.05, 3.63) is 28.8 Å². The minimum Gasteiger partial charge on any atom is -0.496 e. The van der Waals surface area contributed by atoms with E-state index in [1.165, 1.54) is 5.56 Å². The lowest BCUT2D eigenvalue weighted by Gasteiger charge is -2.53. The Labute approximate surface area is 121 Å². The Bertz CT molecular complexity index is 458. The molecular formula is C16H24ClNO. The molecule has 2 rings (SSSR count). The van der Waals surface area contributed by atoms with Crippen LogP contribution in [0.2, 0.25) is 5.02 Å². The minimum atomic E-state index is 0.0359. The van der Waals surface area contributed by atoms with Crippen LogP contribution in [-0.2, 0) is 5.41 Å². The van der Waals surface area contributed by atoms with Gasteiger partial charge in [-0.25, -0.2) is 0 Å². The first-order valence-electron chi connectivity index (χ1n) is 6.86. The highest BCUT2D eigenvalue weighted by molar-refractivity contribution is 6.30. The molecule has 1 aliphatic carbocycles. The molecular weight excluding hydrogens is 258 g/mol. The van der Waals surface area contributed by atoms with Crippen molar-refractivity contribution in [3.8, 4) is 5.75 Å². The smallest absolute Gasteiger partial charge is 0.122 e. The van der Waals surface area contributed by atoms with Gasteiger partial charge < -0.3 is 10.5 Å². The maximum Gasteiger partial charge on any atom is 0.122 e. The van der Waals surface area contributed by atoms with E-state index in [9.17, 15) is 0 Å². The molecule has 0 atom stereocenters. The van der Waals surface area contributed by atoms with Gasteiger partial charge in [0.2, 0.25) is 0 Å². The van der Waals surface area contributed by atoms with E-state index in [0.29, 0.717) is 17.9 Å². The Morgan fingerprint density at radius 1 is 1.37 bits per heavy atom. The van der Waals surface area contributed by atoms with Crippen LogP contribution < -0.4 is 10.5 Å². The van der Waals surface area contributed by atoms with Gasteiger partial charge >= 0.3 is 0 Å². The Morgan fingerprint density at radius 3 is 2.47 bits per heavy atom. The van der Waals surface area contributed by atoms with Crippen LogP contribution in [0, 0.1) is 11.3 Å². The molecule has 0 spiro atoms. The zero-order chi connectivity index (χ0) is 14.3. The second-order valence-corrected chi connectivity index (χ2v) is 7.24. The summed E-state index contributed by atoms with van der Waals surface area (Å²) in [6, 6.07) is 5.83. The molecule has 0 bridgehead atoms. The lowest BCUT2D eigenvalue weighted by atomic mass is 9.52. The van der Waals surface area contributed by atoms with Crippen LogP contribution in [0.4, 0.5) is 0 Å². The van der Waals surface area contributed by atoms with E-state index in [4.69, 9.17) is 22.1 Å². The van der Waals surface area contributed by atoms with E-state index in [0.717, 1.165) is 23.6 Å². The summed E-state index contributed by atoms with van der Waals surface area (Å²) in [6.07, 6.45) is 2.23. The van der Waals surface area contributed by atoms with E-state index < -0.39 is 0 Å². The zero-order valence-electron chi connectivity index (χ0n) is 12.3. The fourth-order valence-electron chi connectivity index (χ4n) is 3.09. The van der Waals surface area contributed by atoms with Crippen LogP contribution in [0.1, 0.15) is 39.2 Å². The normalized spacial score (nSPS) is 26.9. The van der Waals surface area contributed by atoms with Crippen LogP contribution in [0.25, 0.3) is 0 Å². The topological polar surface area (TPSA) is 35.2 Å². The highest BCUT2D eigenvalue weighted by atomic mass is 35.5. The van der Waals surface area contributed by atoms with Crippen molar-refractivity contribution < 1.29 is 4.74 Å². The lowest BCUT2D eigenvalue weighted by molar-refractivity contribution is 0.0489. The van der Waals surface area contributed by atoms with Gasteiger partial charge in [-0.3, -0.25) is 0 Å². The summed E-state index contributed by atoms with van der Waals surface area (Å²) in [5.41, 5.74) is 7.63. The SMILES string of the molecule is COc1ccc(Cl)cc1C1(CN)CC(C(C)(C)C)C1. The van der Waals surface area contributed by atoms with E-state index in [-0.39, 0.29) is 5.41 Å². The molecule has 2 nitrogen and oxygen atoms in total. The molecule has 0 aliphatic heterocycles. The first-order chi connectivity index (χ1) is 8.82. The van der Waals surface area contributed by atoms with Crippen molar-refractivity contribution in [1.29, 1.82) is 0 Å². The number of ether oxygens (including phenoxy) is 1. The van der Waals surface area contributed by atoms with Gasteiger partial charge in [0.15, 0.2) is 0 Å². The first kappa shape index (κ1) is 14.7. The molecule has 1 aromatic rings. The number of halogens is 1. The molecule has 0 unspecified atom stereocenters. The molecule has 1 saturated carbocycles. The summed E-state index contributed by atoms with van der Waals surface area (Å²) in [5.74, 6) is 1.61. The number of nitrogens with two attached hydrogens (primary N) is 1. The monoisotopic (exact) mass is 281 g/mol. The van der Waals surface area contributed by atoms with Crippen LogP contribution in [0.5, 0.6) is 5.75 Å². The third-order valence-corrected chi connectivity index (χ3v) is 4.86. The molecule has 1 fully saturated rings. The maximum absolute atomic E-state index is 6.15. The van der Waals surface area contributed by atoms with Crippen molar-refractivity contribution in [1.82, 2.24) is 0 Å². The second kappa shape index (κ2) is 4.99. The van der Waals surface area contributed by atoms with Gasteiger partial charge in [-0.2, -0.15) is 0 Å². The molecule has 19 heavy (non-hydrogen) atoms. The number of methoxy groups -OCH3 is 1. The predicted molar refractivity (Wildman–Crippen MR) is 80.9 cm³/mol. The minimum absolute atomic E-state index is 0.0359. The summed E-state index contributed by atoms with van der Waals surface area (Å²) in [7, 11) is 1.71. The molecule has 0 aromatic heterocycles. The Balaban J connectivity index is 2.32. The predicted octanol–water partition coefficient (Wildman–Crippen LogP) is 4.00. The molecule has 2 N–H and O–H groups in total. The highest BCUT2D eigenvalue weighted by Gasteiger charge is 2.49. The third-order valence-electron chi connectivity index (χ3n) is 4.62. The standard InChI is InChI=1S/C16H24ClNO/c1-15(2,3)11-8-16(9-11,10-18)13-7-12(17)5-6-14(13)19-4/h5-7,11H,8-10,18H2,1-4H3. The summed E-state index contributed by atoms with van der Waals surface area (Å²) < 4.78 is 5.49. The Hall–Kier alpha value is -0.730. The molecule has 0 radical (unpaired) electrons. The molecule has 1 aliphatic rings. The largest absolute Gasteiger partial charge is 0.496 e. The summed E-state index contributed by atoms with van der Waals surface area (Å²) >= 11 is 6.15. The van der Waals surface area contributed by atoms with E-state index in [2.05, 4.69) is 20.8 Å². The van der Waals surface area contributed by atoms with Gasteiger partial charge in [0, 0.05) is 22.5 Å². The number of rotatable bonds is 3. The average molecular weight is 282 g/mol. The quantitative estimate of drug-likeness (QED) is 0.909. The number of hydrogen-bond acceptors (Lipinski definition) is 2. The van der Waals surface area contributed by atoms with Gasteiger partial charge in [0.1, 0.15) is 5.75 Å². The summed E-state index contributed by atoms with van der Waals surface area (Å²) in [5, 5.41) is 0.753. The maximum atomic E-state index is 6.15. The van der Waals surface area contributed by atoms with Crippen LogP contribution >= 0.6 is 11.6 Å². The van der Waals surface area contributed by atoms with Crippen molar-refractivity contribution in [2.24, 2.45) is 17.1 Å².